The number of hydrogen-bond donors (Lipinski definition) is 1. The molecule has 1 atom stereocenters. The van der Waals surface area contributed by atoms with Crippen LogP contribution in [0.3, 0.4) is 0 Å². The van der Waals surface area contributed by atoms with Crippen LogP contribution in [-0.4, -0.2) is 60.9 Å². The van der Waals surface area contributed by atoms with Crippen molar-refractivity contribution >= 4 is 34.0 Å². The van der Waals surface area contributed by atoms with Crippen molar-refractivity contribution in [2.45, 2.75) is 13.0 Å². The van der Waals surface area contributed by atoms with Crippen molar-refractivity contribution in [1.29, 1.82) is 0 Å². The number of fused-ring (bicyclic) bond motifs is 1. The lowest BCUT2D eigenvalue weighted by Crippen LogP contribution is -2.36. The second-order valence-corrected chi connectivity index (χ2v) is 8.70. The standard InChI is InChI=1S/C23H24N2O5S/c1-13-8-11-31-22(13)18-17(20(27)23(28)25(18)10-9-24(2)3)19(26)16-12-14-6-5-7-15(29-4)21(14)30-16/h5-8,11-12,18,27H,9-10H2,1-4H3. The Labute approximate surface area is 184 Å². The molecule has 162 valence electrons. The number of hydrogen-bond acceptors (Lipinski definition) is 7. The van der Waals surface area contributed by atoms with Crippen molar-refractivity contribution < 1.29 is 23.8 Å². The zero-order valence-corrected chi connectivity index (χ0v) is 18.7. The SMILES string of the molecule is COc1cccc2cc(C(=O)C3=C(O)C(=O)N(CCN(C)C)C3c3sccc3C)oc12. The van der Waals surface area contributed by atoms with Gasteiger partial charge in [-0.2, -0.15) is 0 Å². The number of aryl methyl sites for hydroxylation is 1. The number of furan rings is 1. The quantitative estimate of drug-likeness (QED) is 0.560. The molecule has 7 nitrogen and oxygen atoms in total. The topological polar surface area (TPSA) is 83.2 Å². The fourth-order valence-electron chi connectivity index (χ4n) is 3.80. The average molecular weight is 441 g/mol. The summed E-state index contributed by atoms with van der Waals surface area (Å²) in [6, 6.07) is 8.27. The molecular weight excluding hydrogens is 416 g/mol. The molecule has 0 spiro atoms. The molecule has 3 heterocycles. The minimum Gasteiger partial charge on any atom is -0.503 e. The van der Waals surface area contributed by atoms with Gasteiger partial charge in [0.05, 0.1) is 12.7 Å². The number of rotatable bonds is 7. The summed E-state index contributed by atoms with van der Waals surface area (Å²) >= 11 is 1.46. The highest BCUT2D eigenvalue weighted by atomic mass is 32.1. The van der Waals surface area contributed by atoms with Crippen LogP contribution in [0, 0.1) is 6.92 Å². The summed E-state index contributed by atoms with van der Waals surface area (Å²) in [7, 11) is 5.35. The summed E-state index contributed by atoms with van der Waals surface area (Å²) in [4.78, 5) is 30.9. The Morgan fingerprint density at radius 2 is 2.10 bits per heavy atom. The van der Waals surface area contributed by atoms with Crippen molar-refractivity contribution in [3.05, 3.63) is 63.2 Å². The maximum atomic E-state index is 13.5. The van der Waals surface area contributed by atoms with E-state index in [9.17, 15) is 14.7 Å². The van der Waals surface area contributed by atoms with Crippen LogP contribution in [0.25, 0.3) is 11.0 Å². The highest BCUT2D eigenvalue weighted by Crippen LogP contribution is 2.42. The third-order valence-corrected chi connectivity index (χ3v) is 6.51. The molecular formula is C23H24N2O5S. The van der Waals surface area contributed by atoms with E-state index in [-0.39, 0.29) is 11.3 Å². The van der Waals surface area contributed by atoms with Gasteiger partial charge in [-0.15, -0.1) is 11.3 Å². The maximum absolute atomic E-state index is 13.5. The van der Waals surface area contributed by atoms with Gasteiger partial charge in [0.15, 0.2) is 22.9 Å². The first-order valence-corrected chi connectivity index (χ1v) is 10.8. The van der Waals surface area contributed by atoms with Crippen molar-refractivity contribution in [1.82, 2.24) is 9.80 Å². The van der Waals surface area contributed by atoms with Gasteiger partial charge in [-0.25, -0.2) is 0 Å². The van der Waals surface area contributed by atoms with Crippen LogP contribution < -0.4 is 4.74 Å². The highest BCUT2D eigenvalue weighted by Gasteiger charge is 2.45. The number of aliphatic hydroxyl groups excluding tert-OH is 1. The predicted molar refractivity (Wildman–Crippen MR) is 119 cm³/mol. The number of methoxy groups -OCH3 is 1. The Morgan fingerprint density at radius 3 is 2.74 bits per heavy atom. The second kappa shape index (κ2) is 8.20. The smallest absolute Gasteiger partial charge is 0.290 e. The van der Waals surface area contributed by atoms with Gasteiger partial charge in [-0.05, 0) is 50.2 Å². The van der Waals surface area contributed by atoms with Gasteiger partial charge in [0.1, 0.15) is 6.04 Å². The number of carbonyl (C=O) groups is 2. The minimum absolute atomic E-state index is 0.0485. The number of carbonyl (C=O) groups excluding carboxylic acids is 2. The van der Waals surface area contributed by atoms with Crippen LogP contribution in [0.1, 0.15) is 27.0 Å². The molecule has 8 heteroatoms. The first kappa shape index (κ1) is 21.1. The first-order chi connectivity index (χ1) is 14.8. The Hall–Kier alpha value is -3.10. The highest BCUT2D eigenvalue weighted by molar-refractivity contribution is 7.10. The molecule has 1 unspecified atom stereocenters. The zero-order chi connectivity index (χ0) is 22.3. The molecule has 0 aliphatic carbocycles. The molecule has 1 N–H and O–H groups in total. The van der Waals surface area contributed by atoms with Crippen LogP contribution in [0.15, 0.2) is 51.5 Å². The van der Waals surface area contributed by atoms with E-state index < -0.39 is 23.5 Å². The molecule has 1 amide bonds. The Bertz CT molecular complexity index is 1190. The molecule has 0 saturated heterocycles. The fraction of sp³-hybridized carbons (Fsp3) is 0.304. The van der Waals surface area contributed by atoms with E-state index in [1.165, 1.54) is 18.4 Å². The summed E-state index contributed by atoms with van der Waals surface area (Å²) in [5, 5.41) is 13.4. The molecule has 31 heavy (non-hydrogen) atoms. The molecule has 0 fully saturated rings. The van der Waals surface area contributed by atoms with E-state index in [0.29, 0.717) is 29.8 Å². The number of Topliss-reactive ketones (excluding diaryl/α,β-unsaturated/α-hetero) is 1. The van der Waals surface area contributed by atoms with Crippen LogP contribution in [0.2, 0.25) is 0 Å². The predicted octanol–water partition coefficient (Wildman–Crippen LogP) is 3.95. The number of ether oxygens (including phenoxy) is 1. The summed E-state index contributed by atoms with van der Waals surface area (Å²) in [5.41, 5.74) is 1.46. The number of nitrogens with zero attached hydrogens (tertiary/aromatic N) is 2. The normalized spacial score (nSPS) is 16.7. The van der Waals surface area contributed by atoms with E-state index in [1.54, 1.807) is 17.0 Å². The Morgan fingerprint density at radius 1 is 1.32 bits per heavy atom. The number of aliphatic hydroxyl groups is 1. The van der Waals surface area contributed by atoms with Crippen LogP contribution in [0.5, 0.6) is 5.75 Å². The number of ketones is 1. The van der Waals surface area contributed by atoms with Crippen molar-refractivity contribution in [3.63, 3.8) is 0 Å². The van der Waals surface area contributed by atoms with Gasteiger partial charge in [-0.3, -0.25) is 9.59 Å². The maximum Gasteiger partial charge on any atom is 0.290 e. The van der Waals surface area contributed by atoms with Crippen molar-refractivity contribution in [3.8, 4) is 5.75 Å². The molecule has 0 bridgehead atoms. The van der Waals surface area contributed by atoms with E-state index in [2.05, 4.69) is 0 Å². The monoisotopic (exact) mass is 440 g/mol. The third kappa shape index (κ3) is 3.62. The van der Waals surface area contributed by atoms with Crippen LogP contribution >= 0.6 is 11.3 Å². The van der Waals surface area contributed by atoms with E-state index >= 15 is 0 Å². The molecule has 2 aromatic heterocycles. The minimum atomic E-state index is -0.657. The fourth-order valence-corrected chi connectivity index (χ4v) is 4.85. The van der Waals surface area contributed by atoms with Crippen LogP contribution in [0.4, 0.5) is 0 Å². The van der Waals surface area contributed by atoms with Crippen molar-refractivity contribution in [2.75, 3.05) is 34.3 Å². The number of benzene rings is 1. The average Bonchev–Trinajstić information content (AvgIpc) is 3.42. The molecule has 4 rings (SSSR count). The summed E-state index contributed by atoms with van der Waals surface area (Å²) in [6.45, 7) is 2.91. The van der Waals surface area contributed by atoms with Gasteiger partial charge < -0.3 is 24.1 Å². The van der Waals surface area contributed by atoms with E-state index in [0.717, 1.165) is 10.4 Å². The molecule has 1 aromatic carbocycles. The Balaban J connectivity index is 1.80. The Kier molecular flexibility index (Phi) is 5.60. The lowest BCUT2D eigenvalue weighted by molar-refractivity contribution is -0.129. The first-order valence-electron chi connectivity index (χ1n) is 9.87. The van der Waals surface area contributed by atoms with Gasteiger partial charge in [-0.1, -0.05) is 12.1 Å². The summed E-state index contributed by atoms with van der Waals surface area (Å²) in [6.07, 6.45) is 0. The number of thiophene rings is 1. The molecule has 1 aliphatic rings. The summed E-state index contributed by atoms with van der Waals surface area (Å²) < 4.78 is 11.1. The molecule has 0 saturated carbocycles. The molecule has 1 aliphatic heterocycles. The largest absolute Gasteiger partial charge is 0.503 e. The molecule has 0 radical (unpaired) electrons. The lowest BCUT2D eigenvalue weighted by Gasteiger charge is -2.27. The van der Waals surface area contributed by atoms with Crippen LogP contribution in [-0.2, 0) is 4.79 Å². The molecule has 3 aromatic rings. The zero-order valence-electron chi connectivity index (χ0n) is 17.8. The van der Waals surface area contributed by atoms with E-state index in [1.807, 2.05) is 49.5 Å². The van der Waals surface area contributed by atoms with Gasteiger partial charge >= 0.3 is 0 Å². The number of para-hydroxylation sites is 1. The number of amides is 1. The number of likely N-dealkylation sites (N-methyl/N-ethyl adjacent to an activating group) is 1. The van der Waals surface area contributed by atoms with Crippen molar-refractivity contribution in [2.24, 2.45) is 0 Å². The summed E-state index contributed by atoms with van der Waals surface area (Å²) in [5.74, 6) is -1.00. The van der Waals surface area contributed by atoms with Gasteiger partial charge in [0, 0.05) is 23.4 Å². The third-order valence-electron chi connectivity index (χ3n) is 5.44. The van der Waals surface area contributed by atoms with Gasteiger partial charge in [0.2, 0.25) is 5.78 Å². The second-order valence-electron chi connectivity index (χ2n) is 7.75. The van der Waals surface area contributed by atoms with E-state index in [4.69, 9.17) is 9.15 Å². The lowest BCUT2D eigenvalue weighted by atomic mass is 9.98. The van der Waals surface area contributed by atoms with Gasteiger partial charge in [0.25, 0.3) is 5.91 Å².